The van der Waals surface area contributed by atoms with Gasteiger partial charge in [-0.25, -0.2) is 18.7 Å². The second-order valence-corrected chi connectivity index (χ2v) is 9.37. The van der Waals surface area contributed by atoms with Crippen LogP contribution in [0.3, 0.4) is 0 Å². The highest BCUT2D eigenvalue weighted by molar-refractivity contribution is 7.16. The fourth-order valence-corrected chi connectivity index (χ4v) is 5.35. The van der Waals surface area contributed by atoms with Crippen LogP contribution in [0.15, 0.2) is 11.4 Å². The maximum atomic E-state index is 14.2. The molecule has 2 aromatic heterocycles. The van der Waals surface area contributed by atoms with Gasteiger partial charge in [-0.05, 0) is 38.9 Å². The molecule has 1 aliphatic heterocycles. The number of nitrogens with one attached hydrogen (secondary N) is 1. The number of ketones is 1. The van der Waals surface area contributed by atoms with Crippen LogP contribution >= 0.6 is 22.7 Å². The highest BCUT2D eigenvalue weighted by Gasteiger charge is 2.23. The van der Waals surface area contributed by atoms with Crippen LogP contribution in [0.25, 0.3) is 21.1 Å². The minimum atomic E-state index is -1.65. The zero-order valence-corrected chi connectivity index (χ0v) is 18.7. The topological polar surface area (TPSA) is 84.3 Å². The van der Waals surface area contributed by atoms with E-state index in [4.69, 9.17) is 4.74 Å². The van der Waals surface area contributed by atoms with E-state index in [0.717, 1.165) is 42.1 Å². The molecule has 0 spiro atoms. The van der Waals surface area contributed by atoms with E-state index in [-0.39, 0.29) is 35.5 Å². The first-order valence-electron chi connectivity index (χ1n) is 9.95. The number of phenols is 1. The highest BCUT2D eigenvalue weighted by Crippen LogP contribution is 2.37. The molecule has 1 aromatic carbocycles. The number of rotatable bonds is 7. The van der Waals surface area contributed by atoms with Crippen LogP contribution in [0.4, 0.5) is 13.2 Å². The number of halogens is 3. The van der Waals surface area contributed by atoms with Crippen molar-refractivity contribution in [2.75, 3.05) is 19.7 Å². The molecule has 0 bridgehead atoms. The number of Topliss-reactive ketones (excluding diaryl/α,β-unsaturated/α-hetero) is 1. The molecule has 32 heavy (non-hydrogen) atoms. The second-order valence-electron chi connectivity index (χ2n) is 7.43. The lowest BCUT2D eigenvalue weighted by Crippen LogP contribution is -2.33. The Hall–Kier alpha value is -2.34. The lowest BCUT2D eigenvalue weighted by Gasteiger charge is -2.21. The van der Waals surface area contributed by atoms with Gasteiger partial charge in [0.1, 0.15) is 16.6 Å². The molecule has 3 aromatic rings. The number of ether oxygens (including phenoxy) is 1. The van der Waals surface area contributed by atoms with Crippen LogP contribution in [0.1, 0.15) is 23.5 Å². The normalized spacial score (nSPS) is 14.8. The summed E-state index contributed by atoms with van der Waals surface area (Å²) in [5, 5.41) is 14.8. The molecule has 1 saturated heterocycles. The molecule has 0 amide bonds. The molecular formula is C21H20F3N3O3S2. The minimum Gasteiger partial charge on any atom is -0.503 e. The van der Waals surface area contributed by atoms with Crippen LogP contribution in [0, 0.1) is 30.3 Å². The molecule has 1 aliphatic rings. The fraction of sp³-hybridized carbons (Fsp3) is 0.381. The third kappa shape index (κ3) is 4.70. The van der Waals surface area contributed by atoms with Crippen LogP contribution < -0.4 is 5.32 Å². The molecule has 2 N–H and O–H groups in total. The van der Waals surface area contributed by atoms with E-state index < -0.39 is 23.2 Å². The molecule has 0 atom stereocenters. The molecule has 6 nitrogen and oxygen atoms in total. The molecule has 0 aliphatic carbocycles. The molecule has 4 rings (SSSR count). The largest absolute Gasteiger partial charge is 0.503 e. The van der Waals surface area contributed by atoms with Crippen LogP contribution in [0.2, 0.25) is 0 Å². The Morgan fingerprint density at radius 2 is 2.00 bits per heavy atom. The first-order valence-corrected chi connectivity index (χ1v) is 11.6. The van der Waals surface area contributed by atoms with Gasteiger partial charge in [-0.1, -0.05) is 0 Å². The number of hydrogen-bond acceptors (Lipinski definition) is 8. The van der Waals surface area contributed by atoms with Crippen molar-refractivity contribution in [3.63, 3.8) is 0 Å². The van der Waals surface area contributed by atoms with Gasteiger partial charge in [-0.3, -0.25) is 4.79 Å². The first kappa shape index (κ1) is 22.8. The van der Waals surface area contributed by atoms with E-state index in [0.29, 0.717) is 22.5 Å². The smallest absolute Gasteiger partial charge is 0.204 e. The zero-order valence-electron chi connectivity index (χ0n) is 17.1. The van der Waals surface area contributed by atoms with Crippen molar-refractivity contribution in [1.82, 2.24) is 15.3 Å². The number of carbonyl (C=O) groups excluding carboxylic acids is 1. The standard InChI is InChI=1S/C21H20F3N3O3S2/c1-10-20(32-16(26-10)8-30-7-15(28)11-2-4-25-5-3-11)14-9-31-21(27-14)12-6-13(22)19(29)18(24)17(12)23/h6,9,11,25,29H,2-5,7-8H2,1H3. The number of aromatic hydroxyl groups is 1. The minimum absolute atomic E-state index is 0.0354. The Morgan fingerprint density at radius 1 is 1.25 bits per heavy atom. The number of piperidine rings is 1. The lowest BCUT2D eigenvalue weighted by molar-refractivity contribution is -0.128. The van der Waals surface area contributed by atoms with Gasteiger partial charge in [-0.2, -0.15) is 4.39 Å². The quantitative estimate of drug-likeness (QED) is 0.483. The summed E-state index contributed by atoms with van der Waals surface area (Å²) in [6.07, 6.45) is 1.65. The van der Waals surface area contributed by atoms with Crippen molar-refractivity contribution in [3.8, 4) is 26.9 Å². The summed E-state index contributed by atoms with van der Waals surface area (Å²) in [7, 11) is 0. The van der Waals surface area contributed by atoms with Crippen molar-refractivity contribution in [2.24, 2.45) is 5.92 Å². The van der Waals surface area contributed by atoms with Crippen molar-refractivity contribution >= 4 is 28.5 Å². The van der Waals surface area contributed by atoms with E-state index in [9.17, 15) is 23.1 Å². The summed E-state index contributed by atoms with van der Waals surface area (Å²) in [6, 6.07) is 0.717. The van der Waals surface area contributed by atoms with Gasteiger partial charge in [0, 0.05) is 11.3 Å². The number of thiazole rings is 2. The number of nitrogens with zero attached hydrogens (tertiary/aromatic N) is 2. The monoisotopic (exact) mass is 483 g/mol. The first-order chi connectivity index (χ1) is 15.3. The fourth-order valence-electron chi connectivity index (χ4n) is 3.50. The van der Waals surface area contributed by atoms with Crippen molar-refractivity contribution in [3.05, 3.63) is 39.6 Å². The number of aromatic nitrogens is 2. The Morgan fingerprint density at radius 3 is 2.75 bits per heavy atom. The summed E-state index contributed by atoms with van der Waals surface area (Å²) in [6.45, 7) is 3.69. The van der Waals surface area contributed by atoms with Crippen molar-refractivity contribution in [2.45, 2.75) is 26.4 Å². The molecule has 0 unspecified atom stereocenters. The highest BCUT2D eigenvalue weighted by atomic mass is 32.1. The Kier molecular flexibility index (Phi) is 6.89. The van der Waals surface area contributed by atoms with Gasteiger partial charge in [0.15, 0.2) is 23.2 Å². The summed E-state index contributed by atoms with van der Waals surface area (Å²) in [5.74, 6) is -5.50. The van der Waals surface area contributed by atoms with E-state index in [1.165, 1.54) is 11.3 Å². The van der Waals surface area contributed by atoms with Gasteiger partial charge in [0.05, 0.1) is 28.4 Å². The number of phenolic OH excluding ortho intramolecular Hbond substituents is 1. The summed E-state index contributed by atoms with van der Waals surface area (Å²) >= 11 is 2.35. The van der Waals surface area contributed by atoms with Gasteiger partial charge >= 0.3 is 0 Å². The SMILES string of the molecule is Cc1nc(COCC(=O)C2CCNCC2)sc1-c1csc(-c2cc(F)c(O)c(F)c2F)n1. The molecular weight excluding hydrogens is 463 g/mol. The van der Waals surface area contributed by atoms with E-state index in [2.05, 4.69) is 15.3 Å². The number of carbonyl (C=O) groups is 1. The third-order valence-corrected chi connectivity index (χ3v) is 7.24. The summed E-state index contributed by atoms with van der Waals surface area (Å²) < 4.78 is 47.1. The van der Waals surface area contributed by atoms with E-state index in [1.54, 1.807) is 12.3 Å². The van der Waals surface area contributed by atoms with E-state index >= 15 is 0 Å². The summed E-state index contributed by atoms with van der Waals surface area (Å²) in [4.78, 5) is 21.7. The third-order valence-electron chi connectivity index (χ3n) is 5.21. The van der Waals surface area contributed by atoms with Crippen LogP contribution in [0.5, 0.6) is 5.75 Å². The van der Waals surface area contributed by atoms with Gasteiger partial charge in [-0.15, -0.1) is 22.7 Å². The molecule has 1 fully saturated rings. The van der Waals surface area contributed by atoms with E-state index in [1.807, 2.05) is 0 Å². The Bertz CT molecular complexity index is 1140. The molecule has 3 heterocycles. The average Bonchev–Trinajstić information content (AvgIpc) is 3.42. The molecule has 170 valence electrons. The van der Waals surface area contributed by atoms with Gasteiger partial charge in [0.2, 0.25) is 5.82 Å². The molecule has 0 saturated carbocycles. The van der Waals surface area contributed by atoms with Crippen molar-refractivity contribution in [1.29, 1.82) is 0 Å². The predicted molar refractivity (Wildman–Crippen MR) is 115 cm³/mol. The van der Waals surface area contributed by atoms with Gasteiger partial charge < -0.3 is 15.2 Å². The van der Waals surface area contributed by atoms with Crippen molar-refractivity contribution < 1.29 is 27.8 Å². The number of aryl methyl sites for hydroxylation is 1. The maximum Gasteiger partial charge on any atom is 0.204 e. The zero-order chi connectivity index (χ0) is 22.8. The Labute approximate surface area is 190 Å². The summed E-state index contributed by atoms with van der Waals surface area (Å²) in [5.41, 5.74) is 0.806. The number of hydrogen-bond donors (Lipinski definition) is 2. The number of benzene rings is 1. The maximum absolute atomic E-state index is 14.2. The average molecular weight is 484 g/mol. The Balaban J connectivity index is 1.45. The van der Waals surface area contributed by atoms with Gasteiger partial charge in [0.25, 0.3) is 0 Å². The van der Waals surface area contributed by atoms with Crippen LogP contribution in [-0.4, -0.2) is 40.6 Å². The second kappa shape index (κ2) is 9.65. The predicted octanol–water partition coefficient (Wildman–Crippen LogP) is 4.45. The van der Waals surface area contributed by atoms with Crippen LogP contribution in [-0.2, 0) is 16.1 Å². The molecule has 0 radical (unpaired) electrons. The molecule has 11 heteroatoms. The lowest BCUT2D eigenvalue weighted by atomic mass is 9.94.